The van der Waals surface area contributed by atoms with Crippen LogP contribution in [-0.2, 0) is 30.7 Å². The normalized spacial score (nSPS) is 13.9. The van der Waals surface area contributed by atoms with Crippen LogP contribution >= 0.6 is 0 Å². The van der Waals surface area contributed by atoms with Crippen molar-refractivity contribution in [1.29, 1.82) is 0 Å². The number of carbonyl (C=O) groups excluding carboxylic acids is 2. The van der Waals surface area contributed by atoms with E-state index in [9.17, 15) is 22.4 Å². The fourth-order valence-corrected chi connectivity index (χ4v) is 4.03. The van der Waals surface area contributed by atoms with E-state index in [1.807, 2.05) is 0 Å². The number of halogens is 1. The van der Waals surface area contributed by atoms with Gasteiger partial charge < -0.3 is 19.5 Å². The van der Waals surface area contributed by atoms with Crippen LogP contribution < -0.4 is 14.8 Å². The van der Waals surface area contributed by atoms with Gasteiger partial charge in [-0.15, -0.1) is 0 Å². The lowest BCUT2D eigenvalue weighted by Gasteiger charge is -2.18. The third-order valence-electron chi connectivity index (χ3n) is 4.51. The second-order valence-electron chi connectivity index (χ2n) is 6.85. The Morgan fingerprint density at radius 2 is 1.77 bits per heavy atom. The second kappa shape index (κ2) is 9.78. The van der Waals surface area contributed by atoms with Gasteiger partial charge in [-0.1, -0.05) is 12.1 Å². The Labute approximate surface area is 179 Å². The highest BCUT2D eigenvalue weighted by Gasteiger charge is 2.23. The van der Waals surface area contributed by atoms with Crippen molar-refractivity contribution < 1.29 is 36.6 Å². The molecule has 0 saturated heterocycles. The van der Waals surface area contributed by atoms with Gasteiger partial charge in [0.05, 0.1) is 17.1 Å². The van der Waals surface area contributed by atoms with Gasteiger partial charge in [0, 0.05) is 12.6 Å². The maximum Gasteiger partial charge on any atom is 0.307 e. The van der Waals surface area contributed by atoms with Gasteiger partial charge in [-0.05, 0) is 36.8 Å². The molecule has 0 radical (unpaired) electrons. The number of amides is 1. The number of carbonyl (C=O) groups is 2. The zero-order valence-electron chi connectivity index (χ0n) is 16.8. The molecular formula is C21H22FNO7S. The van der Waals surface area contributed by atoms with Gasteiger partial charge in [0.15, 0.2) is 27.4 Å². The number of sulfone groups is 1. The van der Waals surface area contributed by atoms with E-state index in [2.05, 4.69) is 5.32 Å². The van der Waals surface area contributed by atoms with E-state index in [-0.39, 0.29) is 17.3 Å². The van der Waals surface area contributed by atoms with Crippen molar-refractivity contribution in [2.24, 2.45) is 0 Å². The minimum atomic E-state index is -3.76. The predicted molar refractivity (Wildman–Crippen MR) is 108 cm³/mol. The molecule has 3 rings (SSSR count). The molecule has 8 nitrogen and oxygen atoms in total. The molecule has 2 aromatic rings. The minimum absolute atomic E-state index is 0.00893. The number of ether oxygens (including phenoxy) is 3. The topological polar surface area (TPSA) is 108 Å². The van der Waals surface area contributed by atoms with E-state index in [4.69, 9.17) is 14.2 Å². The van der Waals surface area contributed by atoms with Gasteiger partial charge in [0.2, 0.25) is 0 Å². The first-order valence-corrected chi connectivity index (χ1v) is 11.2. The summed E-state index contributed by atoms with van der Waals surface area (Å²) in [6.45, 7) is 2.23. The highest BCUT2D eigenvalue weighted by atomic mass is 32.2. The van der Waals surface area contributed by atoms with Gasteiger partial charge in [0.25, 0.3) is 5.91 Å². The average Bonchev–Trinajstić information content (AvgIpc) is 2.76. The molecule has 2 aromatic carbocycles. The molecule has 1 amide bonds. The zero-order chi connectivity index (χ0) is 22.4. The van der Waals surface area contributed by atoms with Crippen LogP contribution in [0.4, 0.5) is 4.39 Å². The first kappa shape index (κ1) is 22.5. The van der Waals surface area contributed by atoms with Crippen LogP contribution in [0.5, 0.6) is 11.5 Å². The molecule has 10 heteroatoms. The van der Waals surface area contributed by atoms with Gasteiger partial charge in [-0.2, -0.15) is 0 Å². The van der Waals surface area contributed by atoms with Crippen molar-refractivity contribution >= 4 is 21.7 Å². The summed E-state index contributed by atoms with van der Waals surface area (Å²) in [5.74, 6) is -1.43. The van der Waals surface area contributed by atoms with Gasteiger partial charge in [-0.25, -0.2) is 12.8 Å². The lowest BCUT2D eigenvalue weighted by molar-refractivity contribution is -0.154. The van der Waals surface area contributed by atoms with Crippen molar-refractivity contribution in [2.45, 2.75) is 30.9 Å². The number of benzene rings is 2. The van der Waals surface area contributed by atoms with Crippen molar-refractivity contribution in [3.05, 3.63) is 53.8 Å². The Bertz CT molecular complexity index is 1050. The Morgan fingerprint density at radius 1 is 1.10 bits per heavy atom. The van der Waals surface area contributed by atoms with E-state index < -0.39 is 40.0 Å². The third-order valence-corrected chi connectivity index (χ3v) is 6.22. The lowest BCUT2D eigenvalue weighted by Crippen LogP contribution is -2.35. The molecular weight excluding hydrogens is 429 g/mol. The van der Waals surface area contributed by atoms with Crippen LogP contribution in [0.3, 0.4) is 0 Å². The maximum atomic E-state index is 12.9. The molecule has 1 aliphatic rings. The van der Waals surface area contributed by atoms with E-state index in [0.717, 1.165) is 0 Å². The molecule has 0 bridgehead atoms. The van der Waals surface area contributed by atoms with Crippen LogP contribution in [0.25, 0.3) is 0 Å². The van der Waals surface area contributed by atoms with E-state index in [1.165, 1.54) is 49.4 Å². The van der Waals surface area contributed by atoms with Crippen LogP contribution in [0.15, 0.2) is 47.4 Å². The van der Waals surface area contributed by atoms with Gasteiger partial charge >= 0.3 is 5.97 Å². The standard InChI is InChI=1S/C21H22FNO7S/c1-14(21(25)23-13-15-2-4-16(22)5-3-15)30-20(24)8-11-31(26,27)17-6-7-18-19(12-17)29-10-9-28-18/h2-7,12,14H,8-11,13H2,1H3,(H,23,25). The van der Waals surface area contributed by atoms with Gasteiger partial charge in [0.1, 0.15) is 19.0 Å². The molecule has 31 heavy (non-hydrogen) atoms. The summed E-state index contributed by atoms with van der Waals surface area (Å²) in [6, 6.07) is 9.85. The van der Waals surface area contributed by atoms with Crippen LogP contribution in [0.1, 0.15) is 18.9 Å². The molecule has 1 aliphatic heterocycles. The van der Waals surface area contributed by atoms with Crippen LogP contribution in [0, 0.1) is 5.82 Å². The lowest BCUT2D eigenvalue weighted by atomic mass is 10.2. The van der Waals surface area contributed by atoms with Crippen molar-refractivity contribution in [3.8, 4) is 11.5 Å². The average molecular weight is 451 g/mol. The number of nitrogens with one attached hydrogen (secondary N) is 1. The second-order valence-corrected chi connectivity index (χ2v) is 8.96. The number of rotatable bonds is 8. The highest BCUT2D eigenvalue weighted by molar-refractivity contribution is 7.91. The van der Waals surface area contributed by atoms with Crippen LogP contribution in [0.2, 0.25) is 0 Å². The molecule has 0 aliphatic carbocycles. The molecule has 1 atom stereocenters. The first-order chi connectivity index (χ1) is 14.7. The van der Waals surface area contributed by atoms with E-state index in [0.29, 0.717) is 30.3 Å². The molecule has 1 N–H and O–H groups in total. The molecule has 0 spiro atoms. The fraction of sp³-hybridized carbons (Fsp3) is 0.333. The summed E-state index contributed by atoms with van der Waals surface area (Å²) >= 11 is 0. The van der Waals surface area contributed by atoms with Crippen molar-refractivity contribution in [2.75, 3.05) is 19.0 Å². The monoisotopic (exact) mass is 451 g/mol. The number of hydrogen-bond donors (Lipinski definition) is 1. The maximum absolute atomic E-state index is 12.9. The Hall–Kier alpha value is -3.14. The summed E-state index contributed by atoms with van der Waals surface area (Å²) in [5.41, 5.74) is 0.679. The number of hydrogen-bond acceptors (Lipinski definition) is 7. The van der Waals surface area contributed by atoms with E-state index >= 15 is 0 Å². The molecule has 0 saturated carbocycles. The third kappa shape index (κ3) is 6.17. The van der Waals surface area contributed by atoms with E-state index in [1.54, 1.807) is 0 Å². The summed E-state index contributed by atoms with van der Waals surface area (Å²) in [5, 5.41) is 2.57. The SMILES string of the molecule is CC(OC(=O)CCS(=O)(=O)c1ccc2c(c1)OCCO2)C(=O)NCc1ccc(F)cc1. The quantitative estimate of drug-likeness (QED) is 0.612. The fourth-order valence-electron chi connectivity index (χ4n) is 2.80. The first-order valence-electron chi connectivity index (χ1n) is 9.58. The molecule has 1 heterocycles. The van der Waals surface area contributed by atoms with Crippen molar-refractivity contribution in [3.63, 3.8) is 0 Å². The number of esters is 1. The minimum Gasteiger partial charge on any atom is -0.486 e. The summed E-state index contributed by atoms with van der Waals surface area (Å²) in [6.07, 6.45) is -1.52. The summed E-state index contributed by atoms with van der Waals surface area (Å²) < 4.78 is 53.7. The van der Waals surface area contributed by atoms with Crippen LogP contribution in [-0.4, -0.2) is 45.4 Å². The Kier molecular flexibility index (Phi) is 7.11. The highest BCUT2D eigenvalue weighted by Crippen LogP contribution is 2.32. The Balaban J connectivity index is 1.48. The predicted octanol–water partition coefficient (Wildman–Crippen LogP) is 2.01. The summed E-state index contributed by atoms with van der Waals surface area (Å²) in [7, 11) is -3.76. The number of fused-ring (bicyclic) bond motifs is 1. The smallest absolute Gasteiger partial charge is 0.307 e. The molecule has 0 fully saturated rings. The summed E-state index contributed by atoms with van der Waals surface area (Å²) in [4.78, 5) is 24.1. The molecule has 1 unspecified atom stereocenters. The largest absolute Gasteiger partial charge is 0.486 e. The van der Waals surface area contributed by atoms with Gasteiger partial charge in [-0.3, -0.25) is 9.59 Å². The molecule has 166 valence electrons. The zero-order valence-corrected chi connectivity index (χ0v) is 17.6. The Morgan fingerprint density at radius 3 is 2.48 bits per heavy atom. The molecule has 0 aromatic heterocycles. The van der Waals surface area contributed by atoms with Crippen molar-refractivity contribution in [1.82, 2.24) is 5.32 Å².